The van der Waals surface area contributed by atoms with E-state index in [0.717, 1.165) is 28.6 Å². The number of amides is 1. The largest absolute Gasteiger partial charge is 0.364 e. The van der Waals surface area contributed by atoms with Crippen LogP contribution in [-0.4, -0.2) is 48.9 Å². The minimum Gasteiger partial charge on any atom is -0.364 e. The first-order valence-corrected chi connectivity index (χ1v) is 9.29. The van der Waals surface area contributed by atoms with E-state index in [0.29, 0.717) is 11.5 Å². The fourth-order valence-corrected chi connectivity index (χ4v) is 4.03. The lowest BCUT2D eigenvalue weighted by Crippen LogP contribution is -2.55. The van der Waals surface area contributed by atoms with E-state index in [1.165, 1.54) is 6.33 Å². The summed E-state index contributed by atoms with van der Waals surface area (Å²) in [7, 11) is 0. The summed E-state index contributed by atoms with van der Waals surface area (Å²) >= 11 is 0. The van der Waals surface area contributed by atoms with Crippen LogP contribution in [0.2, 0.25) is 0 Å². The molecule has 7 heteroatoms. The highest BCUT2D eigenvalue weighted by Gasteiger charge is 2.37. The molecule has 0 aliphatic carbocycles. The van der Waals surface area contributed by atoms with Gasteiger partial charge in [-0.2, -0.15) is 0 Å². The first kappa shape index (κ1) is 17.5. The minimum atomic E-state index is 0.00594. The fourth-order valence-electron chi connectivity index (χ4n) is 4.03. The van der Waals surface area contributed by atoms with Gasteiger partial charge in [-0.25, -0.2) is 15.0 Å². The molecule has 0 fully saturated rings. The van der Waals surface area contributed by atoms with E-state index in [2.05, 4.69) is 52.1 Å². The fraction of sp³-hybridized carbons (Fsp3) is 0.400. The molecule has 2 N–H and O–H groups in total. The molecule has 2 atom stereocenters. The summed E-state index contributed by atoms with van der Waals surface area (Å²) in [5.74, 6) is 0.813. The Morgan fingerprint density at radius 1 is 1.22 bits per heavy atom. The smallest absolute Gasteiger partial charge is 0.254 e. The second-order valence-electron chi connectivity index (χ2n) is 7.44. The molecule has 0 bridgehead atoms. The lowest BCUT2D eigenvalue weighted by molar-refractivity contribution is 0.0555. The number of aromatic nitrogens is 4. The van der Waals surface area contributed by atoms with Crippen molar-refractivity contribution in [1.82, 2.24) is 24.8 Å². The van der Waals surface area contributed by atoms with Gasteiger partial charge in [0.1, 0.15) is 11.8 Å². The Morgan fingerprint density at radius 3 is 2.81 bits per heavy atom. The molecule has 1 amide bonds. The van der Waals surface area contributed by atoms with Gasteiger partial charge >= 0.3 is 0 Å². The normalized spacial score (nSPS) is 18.0. The maximum absolute atomic E-state index is 13.3. The summed E-state index contributed by atoms with van der Waals surface area (Å²) in [5.41, 5.74) is 4.41. The Hall–Kier alpha value is -2.96. The van der Waals surface area contributed by atoms with Crippen LogP contribution in [-0.2, 0) is 6.42 Å². The number of benzene rings is 1. The number of hydrogen-bond donors (Lipinski definition) is 2. The van der Waals surface area contributed by atoms with E-state index in [9.17, 15) is 4.79 Å². The summed E-state index contributed by atoms with van der Waals surface area (Å²) in [6.07, 6.45) is 3.92. The Labute approximate surface area is 158 Å². The summed E-state index contributed by atoms with van der Waals surface area (Å²) < 4.78 is 0. The van der Waals surface area contributed by atoms with Crippen molar-refractivity contribution in [3.8, 4) is 0 Å². The van der Waals surface area contributed by atoms with Crippen molar-refractivity contribution in [2.75, 3.05) is 5.32 Å². The monoisotopic (exact) mass is 364 g/mol. The van der Waals surface area contributed by atoms with Gasteiger partial charge in [0, 0.05) is 17.6 Å². The van der Waals surface area contributed by atoms with Crippen LogP contribution in [0.1, 0.15) is 42.3 Å². The molecule has 0 spiro atoms. The predicted octanol–water partition coefficient (Wildman–Crippen LogP) is 2.94. The van der Waals surface area contributed by atoms with Crippen LogP contribution in [0, 0.1) is 6.92 Å². The molecule has 4 rings (SSSR count). The molecule has 7 nitrogen and oxygen atoms in total. The van der Waals surface area contributed by atoms with Crippen LogP contribution in [0.3, 0.4) is 0 Å². The number of carbonyl (C=O) groups excluding carboxylic acids is 1. The number of aryl methyl sites for hydroxylation is 1. The predicted molar refractivity (Wildman–Crippen MR) is 105 cm³/mol. The highest BCUT2D eigenvalue weighted by Crippen LogP contribution is 2.30. The standard InChI is InChI=1S/C20H24N6O/c1-11(2)26-15(8-14-7-5-6-12(3)16(14)20(26)27)13(4)25-19-17-18(22-9-21-17)23-10-24-19/h5-7,9-11,13,15H,8H2,1-4H3,(H2,21,22,23,24,25). The zero-order valence-electron chi connectivity index (χ0n) is 16.0. The summed E-state index contributed by atoms with van der Waals surface area (Å²) in [6, 6.07) is 6.24. The molecule has 1 aromatic carbocycles. The molecule has 140 valence electrons. The number of nitrogens with one attached hydrogen (secondary N) is 2. The van der Waals surface area contributed by atoms with Gasteiger partial charge in [-0.15, -0.1) is 0 Å². The summed E-state index contributed by atoms with van der Waals surface area (Å²) in [5, 5.41) is 3.48. The Balaban J connectivity index is 1.69. The Kier molecular flexibility index (Phi) is 4.30. The van der Waals surface area contributed by atoms with Gasteiger partial charge in [0.25, 0.3) is 5.91 Å². The number of fused-ring (bicyclic) bond motifs is 2. The summed E-state index contributed by atoms with van der Waals surface area (Å²) in [6.45, 7) is 8.24. The summed E-state index contributed by atoms with van der Waals surface area (Å²) in [4.78, 5) is 31.1. The van der Waals surface area contributed by atoms with E-state index < -0.39 is 0 Å². The zero-order valence-corrected chi connectivity index (χ0v) is 16.0. The second-order valence-corrected chi connectivity index (χ2v) is 7.44. The van der Waals surface area contributed by atoms with Crippen molar-refractivity contribution in [3.63, 3.8) is 0 Å². The average Bonchev–Trinajstić information content (AvgIpc) is 3.10. The number of rotatable bonds is 4. The van der Waals surface area contributed by atoms with Crippen LogP contribution < -0.4 is 5.32 Å². The molecule has 3 heterocycles. The van der Waals surface area contributed by atoms with Gasteiger partial charge in [-0.3, -0.25) is 4.79 Å². The number of hydrogen-bond acceptors (Lipinski definition) is 5. The lowest BCUT2D eigenvalue weighted by Gasteiger charge is -2.43. The highest BCUT2D eigenvalue weighted by atomic mass is 16.2. The van der Waals surface area contributed by atoms with Crippen LogP contribution >= 0.6 is 0 Å². The van der Waals surface area contributed by atoms with E-state index in [4.69, 9.17) is 0 Å². The Bertz CT molecular complexity index is 995. The average molecular weight is 364 g/mol. The first-order chi connectivity index (χ1) is 13.0. The topological polar surface area (TPSA) is 86.8 Å². The maximum atomic E-state index is 13.3. The number of imidazole rings is 1. The highest BCUT2D eigenvalue weighted by molar-refractivity contribution is 5.98. The van der Waals surface area contributed by atoms with E-state index >= 15 is 0 Å². The minimum absolute atomic E-state index is 0.00594. The molecule has 1 aliphatic heterocycles. The van der Waals surface area contributed by atoms with Crippen LogP contribution in [0.25, 0.3) is 11.2 Å². The second kappa shape index (κ2) is 6.64. The molecular weight excluding hydrogens is 340 g/mol. The van der Waals surface area contributed by atoms with Gasteiger partial charge < -0.3 is 15.2 Å². The van der Waals surface area contributed by atoms with Crippen LogP contribution in [0.4, 0.5) is 5.82 Å². The number of aromatic amines is 1. The third-order valence-electron chi connectivity index (χ3n) is 5.31. The molecule has 3 aromatic rings. The van der Waals surface area contributed by atoms with E-state index in [-0.39, 0.29) is 24.0 Å². The zero-order chi connectivity index (χ0) is 19.1. The third-order valence-corrected chi connectivity index (χ3v) is 5.31. The van der Waals surface area contributed by atoms with Crippen molar-refractivity contribution in [2.45, 2.75) is 52.2 Å². The molecule has 0 saturated heterocycles. The molecule has 0 saturated carbocycles. The molecule has 2 aromatic heterocycles. The number of H-pyrrole nitrogens is 1. The lowest BCUT2D eigenvalue weighted by atomic mass is 9.87. The van der Waals surface area contributed by atoms with Crippen molar-refractivity contribution in [2.24, 2.45) is 0 Å². The van der Waals surface area contributed by atoms with Gasteiger partial charge in [-0.05, 0) is 45.2 Å². The first-order valence-electron chi connectivity index (χ1n) is 9.29. The van der Waals surface area contributed by atoms with Crippen LogP contribution in [0.15, 0.2) is 30.9 Å². The third kappa shape index (κ3) is 2.93. The molecule has 2 unspecified atom stereocenters. The maximum Gasteiger partial charge on any atom is 0.254 e. The number of carbonyl (C=O) groups is 1. The number of nitrogens with zero attached hydrogens (tertiary/aromatic N) is 4. The molecule has 1 aliphatic rings. The van der Waals surface area contributed by atoms with Crippen LogP contribution in [0.5, 0.6) is 0 Å². The molecule has 27 heavy (non-hydrogen) atoms. The van der Waals surface area contributed by atoms with Gasteiger partial charge in [0.15, 0.2) is 11.5 Å². The van der Waals surface area contributed by atoms with E-state index in [1.807, 2.05) is 24.0 Å². The quantitative estimate of drug-likeness (QED) is 0.743. The van der Waals surface area contributed by atoms with Gasteiger partial charge in [0.05, 0.1) is 12.4 Å². The van der Waals surface area contributed by atoms with E-state index in [1.54, 1.807) is 6.33 Å². The molecule has 0 radical (unpaired) electrons. The van der Waals surface area contributed by atoms with Crippen molar-refractivity contribution in [1.29, 1.82) is 0 Å². The Morgan fingerprint density at radius 2 is 2.04 bits per heavy atom. The van der Waals surface area contributed by atoms with Crippen molar-refractivity contribution in [3.05, 3.63) is 47.5 Å². The van der Waals surface area contributed by atoms with Gasteiger partial charge in [0.2, 0.25) is 0 Å². The van der Waals surface area contributed by atoms with Gasteiger partial charge in [-0.1, -0.05) is 18.2 Å². The van der Waals surface area contributed by atoms with Crippen molar-refractivity contribution >= 4 is 22.9 Å². The van der Waals surface area contributed by atoms with Crippen molar-refractivity contribution < 1.29 is 4.79 Å². The molecular formula is C20H24N6O. The number of anilines is 1. The SMILES string of the molecule is Cc1cccc2c1C(=O)N(C(C)C)C(C(C)Nc1ncnc3nc[nH]c13)C2.